The van der Waals surface area contributed by atoms with Crippen molar-refractivity contribution in [3.05, 3.63) is 36.0 Å². The Morgan fingerprint density at radius 1 is 1.29 bits per heavy atom. The summed E-state index contributed by atoms with van der Waals surface area (Å²) < 4.78 is 0. The van der Waals surface area contributed by atoms with Gasteiger partial charge in [0.05, 0.1) is 0 Å². The summed E-state index contributed by atoms with van der Waals surface area (Å²) in [6.45, 7) is 1.60. The number of rotatable bonds is 5. The zero-order valence-electron chi connectivity index (χ0n) is 9.92. The number of hydrogen-bond donors (Lipinski definition) is 3. The van der Waals surface area contributed by atoms with Crippen LogP contribution in [0.25, 0.3) is 10.9 Å². The van der Waals surface area contributed by atoms with Crippen molar-refractivity contribution in [3.63, 3.8) is 0 Å². The first-order chi connectivity index (χ1) is 8.31. The molecule has 1 aromatic heterocycles. The van der Waals surface area contributed by atoms with E-state index in [2.05, 4.69) is 15.6 Å². The Labute approximate surface area is 100 Å². The van der Waals surface area contributed by atoms with Crippen LogP contribution < -0.4 is 10.6 Å². The van der Waals surface area contributed by atoms with Gasteiger partial charge in [0.15, 0.2) is 0 Å². The molecule has 1 amide bonds. The van der Waals surface area contributed by atoms with Gasteiger partial charge in [-0.3, -0.25) is 4.79 Å². The molecular weight excluding hydrogens is 214 g/mol. The van der Waals surface area contributed by atoms with Gasteiger partial charge >= 0.3 is 0 Å². The number of nitrogens with one attached hydrogen (secondary N) is 3. The van der Waals surface area contributed by atoms with Gasteiger partial charge in [-0.1, -0.05) is 18.2 Å². The van der Waals surface area contributed by atoms with Gasteiger partial charge in [0.1, 0.15) is 5.69 Å². The highest BCUT2D eigenvalue weighted by molar-refractivity contribution is 5.97. The molecule has 2 aromatic rings. The Morgan fingerprint density at radius 3 is 2.88 bits per heavy atom. The molecule has 1 aromatic carbocycles. The van der Waals surface area contributed by atoms with Crippen molar-refractivity contribution in [1.82, 2.24) is 15.6 Å². The molecule has 3 N–H and O–H groups in total. The molecule has 4 nitrogen and oxygen atoms in total. The fourth-order valence-corrected chi connectivity index (χ4v) is 1.76. The van der Waals surface area contributed by atoms with Crippen molar-refractivity contribution in [2.24, 2.45) is 0 Å². The van der Waals surface area contributed by atoms with Crippen LogP contribution in [0.2, 0.25) is 0 Å². The van der Waals surface area contributed by atoms with E-state index < -0.39 is 0 Å². The first-order valence-electron chi connectivity index (χ1n) is 5.82. The minimum Gasteiger partial charge on any atom is -0.351 e. The number of carbonyl (C=O) groups excluding carboxylic acids is 1. The predicted molar refractivity (Wildman–Crippen MR) is 69.2 cm³/mol. The molecule has 0 fully saturated rings. The monoisotopic (exact) mass is 231 g/mol. The maximum atomic E-state index is 11.8. The van der Waals surface area contributed by atoms with E-state index >= 15 is 0 Å². The summed E-state index contributed by atoms with van der Waals surface area (Å²) in [4.78, 5) is 14.9. The summed E-state index contributed by atoms with van der Waals surface area (Å²) in [7, 11) is 1.90. The number of H-pyrrole nitrogens is 1. The van der Waals surface area contributed by atoms with Crippen LogP contribution in [0.5, 0.6) is 0 Å². The van der Waals surface area contributed by atoms with Gasteiger partial charge in [-0.25, -0.2) is 0 Å². The smallest absolute Gasteiger partial charge is 0.267 e. The standard InChI is InChI=1S/C13H17N3O/c1-14-7-4-8-15-13(17)12-9-10-5-2-3-6-11(10)16-12/h2-3,5-6,9,14,16H,4,7-8H2,1H3,(H,15,17). The molecular formula is C13H17N3O. The lowest BCUT2D eigenvalue weighted by Gasteiger charge is -2.02. The summed E-state index contributed by atoms with van der Waals surface area (Å²) in [5, 5.41) is 6.99. The largest absolute Gasteiger partial charge is 0.351 e. The molecule has 0 bridgehead atoms. The van der Waals surface area contributed by atoms with Crippen molar-refractivity contribution in [2.45, 2.75) is 6.42 Å². The minimum absolute atomic E-state index is 0.0442. The molecule has 0 atom stereocenters. The summed E-state index contributed by atoms with van der Waals surface area (Å²) in [5.41, 5.74) is 1.61. The van der Waals surface area contributed by atoms with Crippen molar-refractivity contribution < 1.29 is 4.79 Å². The molecule has 0 saturated heterocycles. The average molecular weight is 231 g/mol. The lowest BCUT2D eigenvalue weighted by molar-refractivity contribution is 0.0949. The lowest BCUT2D eigenvalue weighted by Crippen LogP contribution is -2.26. The van der Waals surface area contributed by atoms with Crippen LogP contribution in [0.1, 0.15) is 16.9 Å². The summed E-state index contributed by atoms with van der Waals surface area (Å²) in [5.74, 6) is -0.0442. The topological polar surface area (TPSA) is 56.9 Å². The van der Waals surface area contributed by atoms with Gasteiger partial charge in [-0.2, -0.15) is 0 Å². The fourth-order valence-electron chi connectivity index (χ4n) is 1.76. The van der Waals surface area contributed by atoms with Gasteiger partial charge in [0, 0.05) is 17.4 Å². The van der Waals surface area contributed by atoms with E-state index in [9.17, 15) is 4.79 Å². The molecule has 0 aliphatic rings. The van der Waals surface area contributed by atoms with Crippen LogP contribution >= 0.6 is 0 Å². The van der Waals surface area contributed by atoms with Crippen LogP contribution in [-0.2, 0) is 0 Å². The van der Waals surface area contributed by atoms with E-state index in [0.717, 1.165) is 23.9 Å². The molecule has 0 radical (unpaired) electrons. The molecule has 17 heavy (non-hydrogen) atoms. The highest BCUT2D eigenvalue weighted by Gasteiger charge is 2.07. The molecule has 0 aliphatic heterocycles. The third kappa shape index (κ3) is 2.85. The van der Waals surface area contributed by atoms with Crippen molar-refractivity contribution in [1.29, 1.82) is 0 Å². The van der Waals surface area contributed by atoms with Crippen molar-refractivity contribution >= 4 is 16.8 Å². The van der Waals surface area contributed by atoms with Crippen molar-refractivity contribution in [2.75, 3.05) is 20.1 Å². The molecule has 0 unspecified atom stereocenters. The average Bonchev–Trinajstić information content (AvgIpc) is 2.78. The van der Waals surface area contributed by atoms with Gasteiger partial charge in [-0.15, -0.1) is 0 Å². The van der Waals surface area contributed by atoms with Crippen LogP contribution in [0.4, 0.5) is 0 Å². The Balaban J connectivity index is 1.99. The first kappa shape index (κ1) is 11.7. The highest BCUT2D eigenvalue weighted by atomic mass is 16.1. The Kier molecular flexibility index (Phi) is 3.77. The highest BCUT2D eigenvalue weighted by Crippen LogP contribution is 2.14. The molecule has 0 spiro atoms. The Bertz CT molecular complexity index is 471. The SMILES string of the molecule is CNCCCNC(=O)c1cc2ccccc2[nH]1. The number of hydrogen-bond acceptors (Lipinski definition) is 2. The molecule has 2 rings (SSSR count). The molecule has 0 saturated carbocycles. The Hall–Kier alpha value is -1.81. The minimum atomic E-state index is -0.0442. The van der Waals surface area contributed by atoms with E-state index in [1.54, 1.807) is 0 Å². The number of fused-ring (bicyclic) bond motifs is 1. The fraction of sp³-hybridized carbons (Fsp3) is 0.308. The van der Waals surface area contributed by atoms with E-state index in [4.69, 9.17) is 0 Å². The number of carbonyl (C=O) groups is 1. The van der Waals surface area contributed by atoms with Gasteiger partial charge in [0.25, 0.3) is 5.91 Å². The number of para-hydroxylation sites is 1. The molecule has 4 heteroatoms. The van der Waals surface area contributed by atoms with Crippen LogP contribution in [0, 0.1) is 0 Å². The lowest BCUT2D eigenvalue weighted by atomic mass is 10.2. The van der Waals surface area contributed by atoms with Gasteiger partial charge in [0.2, 0.25) is 0 Å². The molecule has 90 valence electrons. The second-order valence-electron chi connectivity index (χ2n) is 3.98. The van der Waals surface area contributed by atoms with E-state index in [-0.39, 0.29) is 5.91 Å². The molecule has 0 aliphatic carbocycles. The maximum absolute atomic E-state index is 11.8. The zero-order valence-corrected chi connectivity index (χ0v) is 9.92. The number of benzene rings is 1. The number of aromatic amines is 1. The molecule has 1 heterocycles. The summed E-state index contributed by atoms with van der Waals surface area (Å²) in [6.07, 6.45) is 0.933. The number of amides is 1. The van der Waals surface area contributed by atoms with E-state index in [1.165, 1.54) is 0 Å². The van der Waals surface area contributed by atoms with Gasteiger partial charge < -0.3 is 15.6 Å². The maximum Gasteiger partial charge on any atom is 0.267 e. The predicted octanol–water partition coefficient (Wildman–Crippen LogP) is 1.51. The normalized spacial score (nSPS) is 10.6. The Morgan fingerprint density at radius 2 is 2.12 bits per heavy atom. The third-order valence-electron chi connectivity index (χ3n) is 2.66. The second-order valence-corrected chi connectivity index (χ2v) is 3.98. The van der Waals surface area contributed by atoms with E-state index in [1.807, 2.05) is 37.4 Å². The first-order valence-corrected chi connectivity index (χ1v) is 5.82. The van der Waals surface area contributed by atoms with E-state index in [0.29, 0.717) is 12.2 Å². The van der Waals surface area contributed by atoms with Crippen LogP contribution in [-0.4, -0.2) is 31.0 Å². The summed E-state index contributed by atoms with van der Waals surface area (Å²) in [6, 6.07) is 9.75. The number of aromatic nitrogens is 1. The van der Waals surface area contributed by atoms with Gasteiger partial charge in [-0.05, 0) is 32.1 Å². The third-order valence-corrected chi connectivity index (χ3v) is 2.66. The zero-order chi connectivity index (χ0) is 12.1. The quantitative estimate of drug-likeness (QED) is 0.683. The van der Waals surface area contributed by atoms with Crippen LogP contribution in [0.3, 0.4) is 0 Å². The second kappa shape index (κ2) is 5.50. The van der Waals surface area contributed by atoms with Crippen LogP contribution in [0.15, 0.2) is 30.3 Å². The summed E-state index contributed by atoms with van der Waals surface area (Å²) >= 11 is 0. The van der Waals surface area contributed by atoms with Crippen molar-refractivity contribution in [3.8, 4) is 0 Å².